The van der Waals surface area contributed by atoms with Gasteiger partial charge in [-0.05, 0) is 20.8 Å². The van der Waals surface area contributed by atoms with E-state index in [2.05, 4.69) is 5.32 Å². The van der Waals surface area contributed by atoms with Gasteiger partial charge >= 0.3 is 0 Å². The first-order valence-corrected chi connectivity index (χ1v) is 3.55. The van der Waals surface area contributed by atoms with E-state index >= 15 is 0 Å². The maximum Gasteiger partial charge on any atom is 0.246 e. The van der Waals surface area contributed by atoms with E-state index in [1.165, 1.54) is 0 Å². The molecule has 0 spiro atoms. The molecule has 0 heterocycles. The van der Waals surface area contributed by atoms with Crippen LogP contribution in [0.1, 0.15) is 22.2 Å². The van der Waals surface area contributed by atoms with Crippen LogP contribution in [0.25, 0.3) is 0 Å². The van der Waals surface area contributed by atoms with Crippen molar-refractivity contribution in [1.29, 1.82) is 0 Å². The molecule has 3 nitrogen and oxygen atoms in total. The summed E-state index contributed by atoms with van der Waals surface area (Å²) < 4.78 is 5.04. The molecule has 0 aromatic rings. The van der Waals surface area contributed by atoms with Crippen molar-refractivity contribution in [2.24, 2.45) is 0 Å². The minimum Gasteiger partial charge on any atom is -0.369 e. The fourth-order valence-electron chi connectivity index (χ4n) is 0.491. The van der Waals surface area contributed by atoms with Crippen LogP contribution in [0.5, 0.6) is 0 Å². The van der Waals surface area contributed by atoms with Gasteiger partial charge in [-0.15, -0.1) is 0 Å². The van der Waals surface area contributed by atoms with E-state index in [0.717, 1.165) is 0 Å². The van der Waals surface area contributed by atoms with Gasteiger partial charge in [0.05, 0.1) is 6.10 Å². The largest absolute Gasteiger partial charge is 0.369 e. The maximum absolute atomic E-state index is 10.7. The third-order valence-electron chi connectivity index (χ3n) is 0.922. The second-order valence-electron chi connectivity index (χ2n) is 2.31. The minimum absolute atomic E-state index is 0. The second-order valence-corrected chi connectivity index (χ2v) is 2.31. The van der Waals surface area contributed by atoms with Crippen LogP contribution in [0.4, 0.5) is 0 Å². The zero-order valence-corrected chi connectivity index (χ0v) is 6.81. The summed E-state index contributed by atoms with van der Waals surface area (Å²) in [5.74, 6) is -0.0452. The van der Waals surface area contributed by atoms with Crippen molar-refractivity contribution in [3.63, 3.8) is 0 Å². The number of rotatable bonds is 4. The molecule has 0 rings (SSSR count). The topological polar surface area (TPSA) is 38.3 Å². The summed E-state index contributed by atoms with van der Waals surface area (Å²) in [5.41, 5.74) is 0. The van der Waals surface area contributed by atoms with Crippen LogP contribution in [-0.2, 0) is 9.53 Å². The number of hydrogen-bond acceptors (Lipinski definition) is 2. The first-order chi connectivity index (χ1) is 4.66. The van der Waals surface area contributed by atoms with Crippen molar-refractivity contribution in [3.05, 3.63) is 0 Å². The lowest BCUT2D eigenvalue weighted by Gasteiger charge is -2.06. The Hall–Kier alpha value is -0.570. The van der Waals surface area contributed by atoms with Gasteiger partial charge in [0.25, 0.3) is 0 Å². The molecule has 0 fully saturated rings. The van der Waals surface area contributed by atoms with Crippen LogP contribution in [0, 0.1) is 0 Å². The lowest BCUT2D eigenvalue weighted by Crippen LogP contribution is -2.28. The molecule has 0 aromatic carbocycles. The summed E-state index contributed by atoms with van der Waals surface area (Å²) in [5, 5.41) is 2.64. The van der Waals surface area contributed by atoms with E-state index in [9.17, 15) is 4.79 Å². The second kappa shape index (κ2) is 5.23. The minimum atomic E-state index is -0.0452. The number of hydrogen-bond donors (Lipinski definition) is 1. The van der Waals surface area contributed by atoms with E-state index in [-0.39, 0.29) is 20.0 Å². The molecule has 0 aromatic heterocycles. The lowest BCUT2D eigenvalue weighted by atomic mass is 10.5. The molecule has 0 aliphatic heterocycles. The smallest absolute Gasteiger partial charge is 0.246 e. The molecular weight excluding hydrogens is 130 g/mol. The third-order valence-corrected chi connectivity index (χ3v) is 0.922. The lowest BCUT2D eigenvalue weighted by molar-refractivity contribution is -0.126. The standard InChI is InChI=1S/C7H15NO2.H2/c1-4-8-7(9)5-10-6(2)3;/h6H,4-5H2,1-3H3,(H,8,9);1H. The molecule has 0 radical (unpaired) electrons. The normalized spacial score (nSPS) is 10.0. The molecule has 0 saturated carbocycles. The SMILES string of the molecule is CCNC(=O)COC(C)C.[HH]. The molecule has 0 saturated heterocycles. The molecule has 0 aliphatic rings. The number of nitrogens with one attached hydrogen (secondary N) is 1. The summed E-state index contributed by atoms with van der Waals surface area (Å²) in [4.78, 5) is 10.7. The molecule has 1 amide bonds. The van der Waals surface area contributed by atoms with Crippen LogP contribution >= 0.6 is 0 Å². The quantitative estimate of drug-likeness (QED) is 0.638. The van der Waals surface area contributed by atoms with Gasteiger partial charge in [-0.3, -0.25) is 4.79 Å². The Kier molecular flexibility index (Phi) is 4.94. The first kappa shape index (κ1) is 9.43. The summed E-state index contributed by atoms with van der Waals surface area (Å²) in [6.07, 6.45) is 0.127. The highest BCUT2D eigenvalue weighted by Crippen LogP contribution is 1.85. The van der Waals surface area contributed by atoms with Crippen LogP contribution in [0.15, 0.2) is 0 Å². The molecule has 0 unspecified atom stereocenters. The Morgan fingerprint density at radius 2 is 2.30 bits per heavy atom. The molecule has 0 bridgehead atoms. The van der Waals surface area contributed by atoms with E-state index < -0.39 is 0 Å². The average Bonchev–Trinajstić information content (AvgIpc) is 1.85. The Balaban J connectivity index is 0. The Morgan fingerprint density at radius 1 is 1.70 bits per heavy atom. The van der Waals surface area contributed by atoms with Gasteiger partial charge in [-0.25, -0.2) is 0 Å². The third kappa shape index (κ3) is 5.56. The van der Waals surface area contributed by atoms with Gasteiger partial charge in [0.15, 0.2) is 0 Å². The zero-order valence-electron chi connectivity index (χ0n) is 6.81. The van der Waals surface area contributed by atoms with Gasteiger partial charge in [-0.2, -0.15) is 0 Å². The molecule has 62 valence electrons. The van der Waals surface area contributed by atoms with Crippen molar-refractivity contribution >= 4 is 5.91 Å². The molecule has 0 aliphatic carbocycles. The number of ether oxygens (including phenoxy) is 1. The predicted octanol–water partition coefficient (Wildman–Crippen LogP) is 0.793. The van der Waals surface area contributed by atoms with Crippen LogP contribution in [0.3, 0.4) is 0 Å². The first-order valence-electron chi connectivity index (χ1n) is 3.55. The summed E-state index contributed by atoms with van der Waals surface area (Å²) in [6, 6.07) is 0. The van der Waals surface area contributed by atoms with Gasteiger partial charge < -0.3 is 10.1 Å². The zero-order chi connectivity index (χ0) is 7.98. The monoisotopic (exact) mass is 147 g/mol. The number of likely N-dealkylation sites (N-methyl/N-ethyl adjacent to an activating group) is 1. The highest BCUT2D eigenvalue weighted by Gasteiger charge is 1.99. The van der Waals surface area contributed by atoms with Gasteiger partial charge in [-0.1, -0.05) is 0 Å². The number of carbonyl (C=O) groups excluding carboxylic acids is 1. The van der Waals surface area contributed by atoms with Crippen molar-refractivity contribution in [2.75, 3.05) is 13.2 Å². The fraction of sp³-hybridized carbons (Fsp3) is 0.857. The fourth-order valence-corrected chi connectivity index (χ4v) is 0.491. The van der Waals surface area contributed by atoms with Crippen molar-refractivity contribution < 1.29 is 11.0 Å². The van der Waals surface area contributed by atoms with E-state index in [1.807, 2.05) is 20.8 Å². The molecule has 10 heavy (non-hydrogen) atoms. The Labute approximate surface area is 63.2 Å². The van der Waals surface area contributed by atoms with Crippen molar-refractivity contribution in [2.45, 2.75) is 26.9 Å². The number of carbonyl (C=O) groups is 1. The van der Waals surface area contributed by atoms with Gasteiger partial charge in [0.1, 0.15) is 6.61 Å². The highest BCUT2D eigenvalue weighted by atomic mass is 16.5. The predicted molar refractivity (Wildman–Crippen MR) is 41.9 cm³/mol. The molecular formula is C7H17NO2. The Bertz CT molecular complexity index is 107. The summed E-state index contributed by atoms with van der Waals surface area (Å²) in [7, 11) is 0. The van der Waals surface area contributed by atoms with Gasteiger partial charge in [0.2, 0.25) is 5.91 Å². The average molecular weight is 147 g/mol. The van der Waals surface area contributed by atoms with Gasteiger partial charge in [0, 0.05) is 7.97 Å². The van der Waals surface area contributed by atoms with E-state index in [1.54, 1.807) is 0 Å². The van der Waals surface area contributed by atoms with E-state index in [0.29, 0.717) is 6.54 Å². The maximum atomic E-state index is 10.7. The van der Waals surface area contributed by atoms with Crippen molar-refractivity contribution in [3.8, 4) is 0 Å². The van der Waals surface area contributed by atoms with Crippen LogP contribution < -0.4 is 5.32 Å². The van der Waals surface area contributed by atoms with Crippen LogP contribution in [0.2, 0.25) is 0 Å². The highest BCUT2D eigenvalue weighted by molar-refractivity contribution is 5.77. The molecule has 1 N–H and O–H groups in total. The summed E-state index contributed by atoms with van der Waals surface area (Å²) >= 11 is 0. The van der Waals surface area contributed by atoms with E-state index in [4.69, 9.17) is 4.74 Å². The van der Waals surface area contributed by atoms with Crippen molar-refractivity contribution in [1.82, 2.24) is 5.32 Å². The molecule has 0 atom stereocenters. The number of amides is 1. The molecule has 3 heteroatoms. The van der Waals surface area contributed by atoms with Crippen LogP contribution in [-0.4, -0.2) is 25.2 Å². The Morgan fingerprint density at radius 3 is 2.70 bits per heavy atom. The summed E-state index contributed by atoms with van der Waals surface area (Å²) in [6.45, 7) is 6.53.